The van der Waals surface area contributed by atoms with Gasteiger partial charge in [0.25, 0.3) is 0 Å². The number of thiazole rings is 1. The molecule has 6 heteroatoms. The molecule has 0 radical (unpaired) electrons. The fraction of sp³-hybridized carbons (Fsp3) is 0. The maximum Gasteiger partial charge on any atom is 0.356 e. The molecule has 2 aromatic heterocycles. The zero-order valence-corrected chi connectivity index (χ0v) is 9.13. The summed E-state index contributed by atoms with van der Waals surface area (Å²) in [6.45, 7) is 0. The van der Waals surface area contributed by atoms with E-state index in [0.29, 0.717) is 14.6 Å². The van der Waals surface area contributed by atoms with E-state index in [4.69, 9.17) is 9.52 Å². The van der Waals surface area contributed by atoms with Crippen LogP contribution in [0.1, 0.15) is 10.5 Å². The number of carboxylic acids is 1. The van der Waals surface area contributed by atoms with E-state index in [1.54, 1.807) is 12.1 Å². The fourth-order valence-electron chi connectivity index (χ4n) is 1.01. The second kappa shape index (κ2) is 3.55. The maximum absolute atomic E-state index is 10.8. The fourth-order valence-corrected chi connectivity index (χ4v) is 2.43. The number of nitrogens with zero attached hydrogens (tertiary/aromatic N) is 1. The van der Waals surface area contributed by atoms with Crippen molar-refractivity contribution in [3.05, 3.63) is 28.0 Å². The van der Waals surface area contributed by atoms with Crippen LogP contribution >= 0.6 is 27.3 Å². The molecule has 0 spiro atoms. The number of carboxylic acid groups (broad SMARTS) is 1. The van der Waals surface area contributed by atoms with Gasteiger partial charge >= 0.3 is 5.97 Å². The zero-order valence-electron chi connectivity index (χ0n) is 6.73. The average Bonchev–Trinajstić information content (AvgIpc) is 2.70. The van der Waals surface area contributed by atoms with Gasteiger partial charge in [-0.1, -0.05) is 0 Å². The van der Waals surface area contributed by atoms with Crippen LogP contribution < -0.4 is 0 Å². The van der Waals surface area contributed by atoms with E-state index in [9.17, 15) is 4.79 Å². The Morgan fingerprint density at radius 1 is 1.64 bits per heavy atom. The summed E-state index contributed by atoms with van der Waals surface area (Å²) in [6.07, 6.45) is 1.49. The van der Waals surface area contributed by atoms with Crippen LogP contribution in [-0.2, 0) is 0 Å². The van der Waals surface area contributed by atoms with E-state index in [1.165, 1.54) is 17.6 Å². The summed E-state index contributed by atoms with van der Waals surface area (Å²) >= 11 is 4.37. The van der Waals surface area contributed by atoms with Crippen LogP contribution in [0.3, 0.4) is 0 Å². The molecule has 0 aliphatic heterocycles. The van der Waals surface area contributed by atoms with Gasteiger partial charge in [0.05, 0.1) is 6.26 Å². The van der Waals surface area contributed by atoms with Crippen LogP contribution in [-0.4, -0.2) is 16.1 Å². The smallest absolute Gasteiger partial charge is 0.356 e. The van der Waals surface area contributed by atoms with E-state index in [-0.39, 0.29) is 5.69 Å². The number of carbonyl (C=O) groups is 1. The number of hydrogen-bond acceptors (Lipinski definition) is 4. The van der Waals surface area contributed by atoms with E-state index in [1.807, 2.05) is 0 Å². The van der Waals surface area contributed by atoms with E-state index >= 15 is 0 Å². The molecule has 0 amide bonds. The van der Waals surface area contributed by atoms with Crippen LogP contribution in [0.4, 0.5) is 0 Å². The summed E-state index contributed by atoms with van der Waals surface area (Å²) in [5.74, 6) is -0.538. The molecule has 2 aromatic rings. The van der Waals surface area contributed by atoms with E-state index in [0.717, 1.165) is 0 Å². The molecule has 1 N–H and O–H groups in total. The minimum atomic E-state index is -1.06. The minimum absolute atomic E-state index is 0.0109. The molecule has 2 rings (SSSR count). The van der Waals surface area contributed by atoms with Crippen LogP contribution in [0.15, 0.2) is 26.7 Å². The predicted octanol–water partition coefficient (Wildman–Crippen LogP) is 2.86. The third-order valence-electron chi connectivity index (χ3n) is 1.55. The van der Waals surface area contributed by atoms with Crippen molar-refractivity contribution in [3.8, 4) is 10.6 Å². The molecule has 0 atom stereocenters. The molecule has 0 saturated heterocycles. The number of aromatic carboxylic acids is 1. The lowest BCUT2D eigenvalue weighted by molar-refractivity contribution is 0.0692. The summed E-state index contributed by atoms with van der Waals surface area (Å²) < 4.78 is 5.64. The van der Waals surface area contributed by atoms with E-state index < -0.39 is 5.97 Å². The Bertz CT molecular complexity index is 463. The highest BCUT2D eigenvalue weighted by Crippen LogP contribution is 2.33. The second-order valence-electron chi connectivity index (χ2n) is 2.43. The highest BCUT2D eigenvalue weighted by Gasteiger charge is 2.19. The zero-order chi connectivity index (χ0) is 10.1. The van der Waals surface area contributed by atoms with Gasteiger partial charge in [0.2, 0.25) is 0 Å². The molecule has 0 fully saturated rings. The lowest BCUT2D eigenvalue weighted by Gasteiger charge is -1.91. The first-order valence-electron chi connectivity index (χ1n) is 3.62. The first-order chi connectivity index (χ1) is 6.68. The van der Waals surface area contributed by atoms with Crippen molar-refractivity contribution < 1.29 is 14.3 Å². The molecule has 4 nitrogen and oxygen atoms in total. The van der Waals surface area contributed by atoms with Crippen molar-refractivity contribution in [1.82, 2.24) is 4.98 Å². The first-order valence-corrected chi connectivity index (χ1v) is 5.23. The molecule has 72 valence electrons. The SMILES string of the molecule is O=C(O)c1nc(Br)sc1-c1ccco1. The van der Waals surface area contributed by atoms with Gasteiger partial charge in [0, 0.05) is 0 Å². The predicted molar refractivity (Wildman–Crippen MR) is 54.5 cm³/mol. The van der Waals surface area contributed by atoms with Crippen LogP contribution in [0.25, 0.3) is 10.6 Å². The van der Waals surface area contributed by atoms with Crippen molar-refractivity contribution in [2.45, 2.75) is 0 Å². The van der Waals surface area contributed by atoms with Crippen molar-refractivity contribution in [2.75, 3.05) is 0 Å². The van der Waals surface area contributed by atoms with Crippen LogP contribution in [0.2, 0.25) is 0 Å². The summed E-state index contributed by atoms with van der Waals surface area (Å²) in [6, 6.07) is 3.40. The van der Waals surface area contributed by atoms with Crippen LogP contribution in [0, 0.1) is 0 Å². The van der Waals surface area contributed by atoms with Crippen molar-refractivity contribution in [3.63, 3.8) is 0 Å². The molecule has 0 saturated carbocycles. The van der Waals surface area contributed by atoms with Gasteiger partial charge in [-0.25, -0.2) is 9.78 Å². The Morgan fingerprint density at radius 2 is 2.43 bits per heavy atom. The third kappa shape index (κ3) is 1.58. The van der Waals surface area contributed by atoms with Gasteiger partial charge in [0.15, 0.2) is 9.61 Å². The Morgan fingerprint density at radius 3 is 3.00 bits per heavy atom. The van der Waals surface area contributed by atoms with Crippen LogP contribution in [0.5, 0.6) is 0 Å². The number of aromatic nitrogens is 1. The molecular formula is C8H4BrNO3S. The molecule has 14 heavy (non-hydrogen) atoms. The van der Waals surface area contributed by atoms with Crippen molar-refractivity contribution >= 4 is 33.2 Å². The Kier molecular flexibility index (Phi) is 2.39. The van der Waals surface area contributed by atoms with Gasteiger partial charge in [-0.15, -0.1) is 11.3 Å². The van der Waals surface area contributed by atoms with E-state index in [2.05, 4.69) is 20.9 Å². The Balaban J connectivity index is 2.58. The highest BCUT2D eigenvalue weighted by atomic mass is 79.9. The van der Waals surface area contributed by atoms with Gasteiger partial charge in [-0.05, 0) is 28.1 Å². The minimum Gasteiger partial charge on any atom is -0.476 e. The van der Waals surface area contributed by atoms with Gasteiger partial charge in [-0.2, -0.15) is 0 Å². The normalized spacial score (nSPS) is 10.4. The van der Waals surface area contributed by atoms with Crippen molar-refractivity contribution in [2.24, 2.45) is 0 Å². The number of halogens is 1. The number of hydrogen-bond donors (Lipinski definition) is 1. The summed E-state index contributed by atoms with van der Waals surface area (Å²) in [7, 11) is 0. The number of furan rings is 1. The first kappa shape index (κ1) is 9.42. The molecule has 0 unspecified atom stereocenters. The maximum atomic E-state index is 10.8. The quantitative estimate of drug-likeness (QED) is 0.914. The lowest BCUT2D eigenvalue weighted by atomic mass is 10.3. The lowest BCUT2D eigenvalue weighted by Crippen LogP contribution is -1.97. The number of rotatable bonds is 2. The summed E-state index contributed by atoms with van der Waals surface area (Å²) in [4.78, 5) is 15.2. The Labute approximate surface area is 91.3 Å². The average molecular weight is 274 g/mol. The molecule has 0 aliphatic rings. The largest absolute Gasteiger partial charge is 0.476 e. The molecule has 0 aromatic carbocycles. The van der Waals surface area contributed by atoms with Crippen molar-refractivity contribution in [1.29, 1.82) is 0 Å². The molecule has 2 heterocycles. The Hall–Kier alpha value is -1.14. The summed E-state index contributed by atoms with van der Waals surface area (Å²) in [5.41, 5.74) is 0.0109. The van der Waals surface area contributed by atoms with Gasteiger partial charge in [0.1, 0.15) is 10.6 Å². The van der Waals surface area contributed by atoms with Gasteiger partial charge < -0.3 is 9.52 Å². The molecule has 0 aliphatic carbocycles. The second-order valence-corrected chi connectivity index (χ2v) is 4.70. The summed E-state index contributed by atoms with van der Waals surface area (Å²) in [5, 5.41) is 8.86. The van der Waals surface area contributed by atoms with Gasteiger partial charge in [-0.3, -0.25) is 0 Å². The monoisotopic (exact) mass is 273 g/mol. The third-order valence-corrected chi connectivity index (χ3v) is 3.07. The molecule has 0 bridgehead atoms. The highest BCUT2D eigenvalue weighted by molar-refractivity contribution is 9.11. The topological polar surface area (TPSA) is 63.3 Å². The molecular weight excluding hydrogens is 270 g/mol. The standard InChI is InChI=1S/C8H4BrNO3S/c9-8-10-5(7(11)12)6(14-8)4-2-1-3-13-4/h1-3H,(H,11,12).